The smallest absolute Gasteiger partial charge is 0.271 e. The van der Waals surface area contributed by atoms with Crippen molar-refractivity contribution < 1.29 is 9.66 Å². The van der Waals surface area contributed by atoms with Gasteiger partial charge in [0.15, 0.2) is 0 Å². The Hall–Kier alpha value is -1.66. The summed E-state index contributed by atoms with van der Waals surface area (Å²) in [5.74, 6) is 0.386. The molecule has 1 aromatic carbocycles. The van der Waals surface area contributed by atoms with E-state index in [9.17, 15) is 10.1 Å². The number of hydrogen-bond acceptors (Lipinski definition) is 4. The lowest BCUT2D eigenvalue weighted by Gasteiger charge is -2.07. The predicted octanol–water partition coefficient (Wildman–Crippen LogP) is 3.98. The van der Waals surface area contributed by atoms with Crippen molar-refractivity contribution >= 4 is 33.2 Å². The van der Waals surface area contributed by atoms with Crippen LogP contribution in [0.3, 0.4) is 0 Å². The highest BCUT2D eigenvalue weighted by Gasteiger charge is 2.10. The lowest BCUT2D eigenvalue weighted by atomic mass is 10.3. The summed E-state index contributed by atoms with van der Waals surface area (Å²) in [6.45, 7) is 0.241. The second-order valence-electron chi connectivity index (χ2n) is 3.63. The van der Waals surface area contributed by atoms with Gasteiger partial charge >= 0.3 is 0 Å². The Labute approximate surface area is 122 Å². The highest BCUT2D eigenvalue weighted by atomic mass is 79.9. The van der Waals surface area contributed by atoms with E-state index in [1.807, 2.05) is 12.1 Å². The molecule has 0 spiro atoms. The molecule has 19 heavy (non-hydrogen) atoms. The van der Waals surface area contributed by atoms with Gasteiger partial charge in [-0.25, -0.2) is 0 Å². The average molecular weight is 344 g/mol. The zero-order valence-corrected chi connectivity index (χ0v) is 11.9. The van der Waals surface area contributed by atoms with Crippen LogP contribution in [-0.2, 0) is 6.61 Å². The van der Waals surface area contributed by atoms with Gasteiger partial charge in [-0.2, -0.15) is 0 Å². The van der Waals surface area contributed by atoms with Crippen molar-refractivity contribution in [2.45, 2.75) is 6.61 Å². The molecule has 0 aliphatic rings. The van der Waals surface area contributed by atoms with Gasteiger partial charge in [0.05, 0.1) is 15.6 Å². The molecule has 0 saturated heterocycles. The van der Waals surface area contributed by atoms with Gasteiger partial charge in [0.25, 0.3) is 5.69 Å². The molecular formula is C12H8BrClN2O3. The number of rotatable bonds is 4. The predicted molar refractivity (Wildman–Crippen MR) is 74.4 cm³/mol. The lowest BCUT2D eigenvalue weighted by molar-refractivity contribution is -0.384. The van der Waals surface area contributed by atoms with Crippen LogP contribution in [0.2, 0.25) is 5.02 Å². The first-order valence-electron chi connectivity index (χ1n) is 5.23. The first kappa shape index (κ1) is 13.8. The number of nitro groups is 1. The van der Waals surface area contributed by atoms with Crippen molar-refractivity contribution in [2.75, 3.05) is 0 Å². The van der Waals surface area contributed by atoms with Crippen LogP contribution in [-0.4, -0.2) is 9.91 Å². The van der Waals surface area contributed by atoms with Gasteiger partial charge in [-0.05, 0) is 34.1 Å². The lowest BCUT2D eigenvalue weighted by Crippen LogP contribution is -1.98. The number of benzene rings is 1. The Kier molecular flexibility index (Phi) is 4.34. The second kappa shape index (κ2) is 5.99. The summed E-state index contributed by atoms with van der Waals surface area (Å²) in [4.78, 5) is 14.2. The van der Waals surface area contributed by atoms with Gasteiger partial charge in [0.1, 0.15) is 12.4 Å². The number of aromatic nitrogens is 1. The Balaban J connectivity index is 2.07. The molecular weight excluding hydrogens is 336 g/mol. The van der Waals surface area contributed by atoms with Crippen LogP contribution in [0.25, 0.3) is 0 Å². The molecule has 0 amide bonds. The maximum atomic E-state index is 10.6. The fourth-order valence-electron chi connectivity index (χ4n) is 1.36. The standard InChI is InChI=1S/C12H8BrClN2O3/c13-8-1-2-9(15-6-8)7-19-12-4-3-10(16(17)18)5-11(12)14/h1-6H,7H2. The topological polar surface area (TPSA) is 65.3 Å². The van der Waals surface area contributed by atoms with E-state index in [4.69, 9.17) is 16.3 Å². The zero-order chi connectivity index (χ0) is 13.8. The summed E-state index contributed by atoms with van der Waals surface area (Å²) in [5.41, 5.74) is 0.664. The molecule has 2 rings (SSSR count). The summed E-state index contributed by atoms with van der Waals surface area (Å²) in [5, 5.41) is 10.8. The first-order valence-corrected chi connectivity index (χ1v) is 6.40. The van der Waals surface area contributed by atoms with Crippen molar-refractivity contribution in [1.29, 1.82) is 0 Å². The van der Waals surface area contributed by atoms with Gasteiger partial charge in [-0.15, -0.1) is 0 Å². The van der Waals surface area contributed by atoms with Crippen LogP contribution < -0.4 is 4.74 Å². The van der Waals surface area contributed by atoms with Crippen molar-refractivity contribution in [2.24, 2.45) is 0 Å². The summed E-state index contributed by atoms with van der Waals surface area (Å²) in [6, 6.07) is 7.73. The van der Waals surface area contributed by atoms with Crippen LogP contribution >= 0.6 is 27.5 Å². The quantitative estimate of drug-likeness (QED) is 0.622. The van der Waals surface area contributed by atoms with Gasteiger partial charge in [-0.1, -0.05) is 11.6 Å². The molecule has 0 aliphatic heterocycles. The SMILES string of the molecule is O=[N+]([O-])c1ccc(OCc2ccc(Br)cn2)c(Cl)c1. The average Bonchev–Trinajstić information content (AvgIpc) is 2.39. The van der Waals surface area contributed by atoms with Crippen molar-refractivity contribution in [3.05, 3.63) is 61.8 Å². The highest BCUT2D eigenvalue weighted by Crippen LogP contribution is 2.29. The van der Waals surface area contributed by atoms with Crippen LogP contribution in [0, 0.1) is 10.1 Å². The number of ether oxygens (including phenoxy) is 1. The van der Waals surface area contributed by atoms with E-state index in [0.29, 0.717) is 5.75 Å². The third-order valence-electron chi connectivity index (χ3n) is 2.29. The number of nitrogens with zero attached hydrogens (tertiary/aromatic N) is 2. The van der Waals surface area contributed by atoms with Crippen LogP contribution in [0.1, 0.15) is 5.69 Å². The third-order valence-corrected chi connectivity index (χ3v) is 3.05. The third kappa shape index (κ3) is 3.65. The Morgan fingerprint density at radius 3 is 2.74 bits per heavy atom. The fourth-order valence-corrected chi connectivity index (χ4v) is 1.83. The van der Waals surface area contributed by atoms with Crippen molar-refractivity contribution in [1.82, 2.24) is 4.98 Å². The number of hydrogen-bond donors (Lipinski definition) is 0. The van der Waals surface area contributed by atoms with E-state index in [0.717, 1.165) is 10.2 Å². The molecule has 1 aromatic heterocycles. The minimum absolute atomic E-state index is 0.0703. The number of nitro benzene ring substituents is 1. The summed E-state index contributed by atoms with van der Waals surface area (Å²) < 4.78 is 6.34. The van der Waals surface area contributed by atoms with Crippen LogP contribution in [0.5, 0.6) is 5.75 Å². The largest absolute Gasteiger partial charge is 0.486 e. The summed E-state index contributed by atoms with van der Waals surface area (Å²) in [7, 11) is 0. The molecule has 2 aromatic rings. The molecule has 1 heterocycles. The molecule has 98 valence electrons. The summed E-state index contributed by atoms with van der Waals surface area (Å²) >= 11 is 9.19. The normalized spacial score (nSPS) is 10.2. The summed E-state index contributed by atoms with van der Waals surface area (Å²) in [6.07, 6.45) is 1.66. The molecule has 0 aliphatic carbocycles. The molecule has 0 atom stereocenters. The molecule has 0 fully saturated rings. The number of non-ortho nitro benzene ring substituents is 1. The molecule has 0 N–H and O–H groups in total. The minimum Gasteiger partial charge on any atom is -0.486 e. The minimum atomic E-state index is -0.508. The van der Waals surface area contributed by atoms with E-state index in [-0.39, 0.29) is 17.3 Å². The van der Waals surface area contributed by atoms with E-state index in [1.54, 1.807) is 6.20 Å². The molecule has 0 bridgehead atoms. The Morgan fingerprint density at radius 2 is 2.16 bits per heavy atom. The molecule has 0 saturated carbocycles. The number of halogens is 2. The van der Waals surface area contributed by atoms with Crippen molar-refractivity contribution in [3.8, 4) is 5.75 Å². The maximum absolute atomic E-state index is 10.6. The van der Waals surface area contributed by atoms with E-state index in [2.05, 4.69) is 20.9 Å². The van der Waals surface area contributed by atoms with E-state index in [1.165, 1.54) is 18.2 Å². The number of pyridine rings is 1. The van der Waals surface area contributed by atoms with Gasteiger partial charge in [0, 0.05) is 22.8 Å². The first-order chi connectivity index (χ1) is 9.06. The Morgan fingerprint density at radius 1 is 1.37 bits per heavy atom. The van der Waals surface area contributed by atoms with Gasteiger partial charge in [0.2, 0.25) is 0 Å². The maximum Gasteiger partial charge on any atom is 0.271 e. The van der Waals surface area contributed by atoms with E-state index >= 15 is 0 Å². The molecule has 5 nitrogen and oxygen atoms in total. The molecule has 7 heteroatoms. The Bertz CT molecular complexity index is 604. The molecule has 0 unspecified atom stereocenters. The zero-order valence-electron chi connectivity index (χ0n) is 9.55. The fraction of sp³-hybridized carbons (Fsp3) is 0.0833. The van der Waals surface area contributed by atoms with Gasteiger partial charge < -0.3 is 4.74 Å². The van der Waals surface area contributed by atoms with Crippen molar-refractivity contribution in [3.63, 3.8) is 0 Å². The monoisotopic (exact) mass is 342 g/mol. The van der Waals surface area contributed by atoms with Gasteiger partial charge in [-0.3, -0.25) is 15.1 Å². The van der Waals surface area contributed by atoms with Crippen LogP contribution in [0.4, 0.5) is 5.69 Å². The molecule has 0 radical (unpaired) electrons. The van der Waals surface area contributed by atoms with E-state index < -0.39 is 4.92 Å². The van der Waals surface area contributed by atoms with Crippen LogP contribution in [0.15, 0.2) is 41.0 Å². The second-order valence-corrected chi connectivity index (χ2v) is 4.95. The highest BCUT2D eigenvalue weighted by molar-refractivity contribution is 9.10.